The minimum atomic E-state index is -0.368. The maximum absolute atomic E-state index is 10.2. The van der Waals surface area contributed by atoms with Gasteiger partial charge >= 0.3 is 0 Å². The van der Waals surface area contributed by atoms with Gasteiger partial charge in [0.2, 0.25) is 0 Å². The van der Waals surface area contributed by atoms with Crippen LogP contribution in [0.15, 0.2) is 24.3 Å². The van der Waals surface area contributed by atoms with Gasteiger partial charge in [0.1, 0.15) is 0 Å². The molecular weight excluding hydrogens is 210 g/mol. The third kappa shape index (κ3) is 4.88. The zero-order chi connectivity index (χ0) is 12.7. The summed E-state index contributed by atoms with van der Waals surface area (Å²) in [5.41, 5.74) is 2.24. The number of rotatable bonds is 7. The average molecular weight is 235 g/mol. The van der Waals surface area contributed by atoms with E-state index < -0.39 is 0 Å². The molecule has 0 bridgehead atoms. The van der Waals surface area contributed by atoms with Crippen molar-refractivity contribution >= 4 is 0 Å². The number of aliphatic hydroxyl groups excluding tert-OH is 1. The van der Waals surface area contributed by atoms with Crippen molar-refractivity contribution in [1.82, 2.24) is 4.90 Å². The number of hydrogen-bond acceptors (Lipinski definition) is 2. The van der Waals surface area contributed by atoms with Crippen molar-refractivity contribution in [3.63, 3.8) is 0 Å². The second-order valence-electron chi connectivity index (χ2n) is 4.73. The first-order chi connectivity index (χ1) is 8.17. The van der Waals surface area contributed by atoms with Gasteiger partial charge in [-0.1, -0.05) is 43.7 Å². The van der Waals surface area contributed by atoms with Crippen LogP contribution in [0.25, 0.3) is 0 Å². The molecule has 0 fully saturated rings. The van der Waals surface area contributed by atoms with Crippen LogP contribution in [0.3, 0.4) is 0 Å². The van der Waals surface area contributed by atoms with Crippen molar-refractivity contribution in [2.45, 2.75) is 39.7 Å². The van der Waals surface area contributed by atoms with E-state index in [9.17, 15) is 5.11 Å². The molecule has 0 aliphatic carbocycles. The van der Waals surface area contributed by atoms with Gasteiger partial charge in [-0.15, -0.1) is 0 Å². The lowest BCUT2D eigenvalue weighted by Crippen LogP contribution is -2.30. The SMILES string of the molecule is CCCN(CCC)CC(O)c1cccc(C)c1. The van der Waals surface area contributed by atoms with Gasteiger partial charge in [-0.2, -0.15) is 0 Å². The molecule has 1 rings (SSSR count). The second kappa shape index (κ2) is 7.46. The van der Waals surface area contributed by atoms with Crippen LogP contribution in [-0.4, -0.2) is 29.6 Å². The predicted molar refractivity (Wildman–Crippen MR) is 73.2 cm³/mol. The van der Waals surface area contributed by atoms with Gasteiger partial charge in [-0.3, -0.25) is 0 Å². The summed E-state index contributed by atoms with van der Waals surface area (Å²) in [4.78, 5) is 2.34. The van der Waals surface area contributed by atoms with Crippen LogP contribution in [0.4, 0.5) is 0 Å². The van der Waals surface area contributed by atoms with Crippen LogP contribution < -0.4 is 0 Å². The Morgan fingerprint density at radius 2 is 1.82 bits per heavy atom. The first kappa shape index (κ1) is 14.2. The second-order valence-corrected chi connectivity index (χ2v) is 4.73. The van der Waals surface area contributed by atoms with E-state index in [2.05, 4.69) is 37.8 Å². The number of hydrogen-bond donors (Lipinski definition) is 1. The molecule has 0 aliphatic heterocycles. The molecule has 0 spiro atoms. The van der Waals surface area contributed by atoms with Crippen LogP contribution in [0.1, 0.15) is 43.9 Å². The Hall–Kier alpha value is -0.860. The molecule has 17 heavy (non-hydrogen) atoms. The van der Waals surface area contributed by atoms with Crippen molar-refractivity contribution in [1.29, 1.82) is 0 Å². The molecule has 0 saturated carbocycles. The first-order valence-electron chi connectivity index (χ1n) is 6.64. The molecule has 0 saturated heterocycles. The van der Waals surface area contributed by atoms with E-state index in [-0.39, 0.29) is 6.10 Å². The summed E-state index contributed by atoms with van der Waals surface area (Å²) >= 11 is 0. The lowest BCUT2D eigenvalue weighted by molar-refractivity contribution is 0.113. The maximum atomic E-state index is 10.2. The first-order valence-corrected chi connectivity index (χ1v) is 6.64. The summed E-state index contributed by atoms with van der Waals surface area (Å²) in [6.45, 7) is 9.30. The number of nitrogens with zero attached hydrogens (tertiary/aromatic N) is 1. The molecule has 0 amide bonds. The van der Waals surface area contributed by atoms with Crippen LogP contribution in [0.2, 0.25) is 0 Å². The Morgan fingerprint density at radius 3 is 2.35 bits per heavy atom. The van der Waals surface area contributed by atoms with E-state index in [4.69, 9.17) is 0 Å². The highest BCUT2D eigenvalue weighted by atomic mass is 16.3. The molecule has 0 aromatic heterocycles. The quantitative estimate of drug-likeness (QED) is 0.785. The fourth-order valence-corrected chi connectivity index (χ4v) is 2.15. The predicted octanol–water partition coefficient (Wildman–Crippen LogP) is 3.15. The smallest absolute Gasteiger partial charge is 0.0917 e. The number of aryl methyl sites for hydroxylation is 1. The summed E-state index contributed by atoms with van der Waals surface area (Å²) in [7, 11) is 0. The number of aliphatic hydroxyl groups is 1. The molecule has 1 aromatic carbocycles. The molecule has 1 N–H and O–H groups in total. The van der Waals surface area contributed by atoms with E-state index >= 15 is 0 Å². The Balaban J connectivity index is 2.59. The van der Waals surface area contributed by atoms with Gasteiger partial charge in [0.15, 0.2) is 0 Å². The third-order valence-corrected chi connectivity index (χ3v) is 2.94. The highest BCUT2D eigenvalue weighted by Gasteiger charge is 2.12. The Morgan fingerprint density at radius 1 is 1.18 bits per heavy atom. The molecule has 0 aliphatic rings. The van der Waals surface area contributed by atoms with Gasteiger partial charge in [-0.25, -0.2) is 0 Å². The third-order valence-electron chi connectivity index (χ3n) is 2.94. The van der Waals surface area contributed by atoms with Crippen molar-refractivity contribution in [2.24, 2.45) is 0 Å². The van der Waals surface area contributed by atoms with Crippen molar-refractivity contribution < 1.29 is 5.11 Å². The standard InChI is InChI=1S/C15H25NO/c1-4-9-16(10-5-2)12-15(17)14-8-6-7-13(3)11-14/h6-8,11,15,17H,4-5,9-10,12H2,1-3H3. The molecule has 1 unspecified atom stereocenters. The molecule has 0 radical (unpaired) electrons. The molecule has 1 aromatic rings. The maximum Gasteiger partial charge on any atom is 0.0917 e. The molecule has 0 heterocycles. The molecular formula is C15H25NO. The fraction of sp³-hybridized carbons (Fsp3) is 0.600. The minimum absolute atomic E-state index is 0.368. The highest BCUT2D eigenvalue weighted by molar-refractivity contribution is 5.24. The zero-order valence-corrected chi connectivity index (χ0v) is 11.3. The van der Waals surface area contributed by atoms with Crippen molar-refractivity contribution in [3.05, 3.63) is 35.4 Å². The normalized spacial score (nSPS) is 13.0. The molecule has 2 heteroatoms. The summed E-state index contributed by atoms with van der Waals surface area (Å²) < 4.78 is 0. The molecule has 1 atom stereocenters. The van der Waals surface area contributed by atoms with Crippen LogP contribution in [-0.2, 0) is 0 Å². The van der Waals surface area contributed by atoms with E-state index in [1.807, 2.05) is 12.1 Å². The monoisotopic (exact) mass is 235 g/mol. The number of benzene rings is 1. The summed E-state index contributed by atoms with van der Waals surface area (Å²) in [6.07, 6.45) is 1.91. The minimum Gasteiger partial charge on any atom is -0.387 e. The van der Waals surface area contributed by atoms with E-state index in [0.717, 1.165) is 38.0 Å². The zero-order valence-electron chi connectivity index (χ0n) is 11.3. The van der Waals surface area contributed by atoms with E-state index in [1.165, 1.54) is 5.56 Å². The van der Waals surface area contributed by atoms with E-state index in [1.54, 1.807) is 0 Å². The van der Waals surface area contributed by atoms with Crippen molar-refractivity contribution in [3.8, 4) is 0 Å². The highest BCUT2D eigenvalue weighted by Crippen LogP contribution is 2.16. The Kier molecular flexibility index (Phi) is 6.23. The van der Waals surface area contributed by atoms with Crippen LogP contribution >= 0.6 is 0 Å². The lowest BCUT2D eigenvalue weighted by Gasteiger charge is -2.24. The summed E-state index contributed by atoms with van der Waals surface area (Å²) in [6, 6.07) is 8.15. The summed E-state index contributed by atoms with van der Waals surface area (Å²) in [5.74, 6) is 0. The average Bonchev–Trinajstić information content (AvgIpc) is 2.29. The van der Waals surface area contributed by atoms with E-state index in [0.29, 0.717) is 0 Å². The van der Waals surface area contributed by atoms with Gasteiger partial charge in [0.05, 0.1) is 6.10 Å². The van der Waals surface area contributed by atoms with Gasteiger partial charge in [0.25, 0.3) is 0 Å². The lowest BCUT2D eigenvalue weighted by atomic mass is 10.1. The fourth-order valence-electron chi connectivity index (χ4n) is 2.15. The van der Waals surface area contributed by atoms with Crippen LogP contribution in [0.5, 0.6) is 0 Å². The van der Waals surface area contributed by atoms with Gasteiger partial charge in [0, 0.05) is 6.54 Å². The van der Waals surface area contributed by atoms with Crippen LogP contribution in [0, 0.1) is 6.92 Å². The Labute approximate surface area is 105 Å². The largest absolute Gasteiger partial charge is 0.387 e. The Bertz CT molecular complexity index is 318. The summed E-state index contributed by atoms with van der Waals surface area (Å²) in [5, 5.41) is 10.2. The molecule has 2 nitrogen and oxygen atoms in total. The molecule has 96 valence electrons. The topological polar surface area (TPSA) is 23.5 Å². The van der Waals surface area contributed by atoms with Crippen molar-refractivity contribution in [2.75, 3.05) is 19.6 Å². The van der Waals surface area contributed by atoms with Gasteiger partial charge < -0.3 is 10.0 Å². The van der Waals surface area contributed by atoms with Gasteiger partial charge in [-0.05, 0) is 38.4 Å².